The fourth-order valence-electron chi connectivity index (χ4n) is 2.75. The average Bonchev–Trinajstić information content (AvgIpc) is 2.68. The van der Waals surface area contributed by atoms with Crippen molar-refractivity contribution >= 4 is 17.7 Å². The van der Waals surface area contributed by atoms with Crippen LogP contribution in [-0.4, -0.2) is 39.5 Å². The Balaban J connectivity index is 3.05. The van der Waals surface area contributed by atoms with E-state index >= 15 is 0 Å². The zero-order valence-corrected chi connectivity index (χ0v) is 17.2. The highest BCUT2D eigenvalue weighted by Gasteiger charge is 2.50. The van der Waals surface area contributed by atoms with Gasteiger partial charge in [0.25, 0.3) is 5.91 Å². The van der Waals surface area contributed by atoms with Crippen molar-refractivity contribution in [3.63, 3.8) is 0 Å². The van der Waals surface area contributed by atoms with E-state index in [1.54, 1.807) is 24.3 Å². The van der Waals surface area contributed by atoms with Crippen molar-refractivity contribution in [2.45, 2.75) is 71.6 Å². The molecule has 0 aliphatic heterocycles. The lowest BCUT2D eigenvalue weighted by molar-refractivity contribution is -0.207. The van der Waals surface area contributed by atoms with Crippen LogP contribution in [0, 0.1) is 5.92 Å². The van der Waals surface area contributed by atoms with Crippen LogP contribution in [0.25, 0.3) is 0 Å². The molecule has 3 N–H and O–H groups in total. The summed E-state index contributed by atoms with van der Waals surface area (Å²) in [6.07, 6.45) is 1.61. The Morgan fingerprint density at radius 2 is 1.82 bits per heavy atom. The molecule has 0 aliphatic rings. The molecule has 0 saturated heterocycles. The number of unbranched alkanes of at least 4 members (excludes halogenated alkanes) is 1. The van der Waals surface area contributed by atoms with Crippen LogP contribution in [0.1, 0.15) is 58.9 Å². The summed E-state index contributed by atoms with van der Waals surface area (Å²) in [4.78, 5) is 38.1. The third-order valence-corrected chi connectivity index (χ3v) is 4.59. The van der Waals surface area contributed by atoms with Crippen molar-refractivity contribution < 1.29 is 24.3 Å². The molecule has 0 spiro atoms. The van der Waals surface area contributed by atoms with Gasteiger partial charge in [-0.1, -0.05) is 57.5 Å². The normalized spacial score (nSPS) is 14.2. The second kappa shape index (κ2) is 10.9. The van der Waals surface area contributed by atoms with Crippen LogP contribution >= 0.6 is 0 Å². The molecule has 1 rings (SSSR count). The molecule has 1 amide bonds. The SMILES string of the molecule is CCCCC(=O)C(C)(C(=O)OCc1ccccc1)N(O)C(=O)C(N)CC(C)C. The lowest BCUT2D eigenvalue weighted by Crippen LogP contribution is -2.62. The molecule has 0 radical (unpaired) electrons. The zero-order chi connectivity index (χ0) is 21.3. The smallest absolute Gasteiger partial charge is 0.342 e. The predicted octanol–water partition coefficient (Wildman–Crippen LogP) is 2.84. The quantitative estimate of drug-likeness (QED) is 0.259. The van der Waals surface area contributed by atoms with Gasteiger partial charge in [0, 0.05) is 6.42 Å². The number of hydrogen-bond donors (Lipinski definition) is 2. The first-order valence-corrected chi connectivity index (χ1v) is 9.67. The van der Waals surface area contributed by atoms with Gasteiger partial charge < -0.3 is 10.5 Å². The summed E-state index contributed by atoms with van der Waals surface area (Å²) >= 11 is 0. The maximum atomic E-state index is 12.8. The number of benzene rings is 1. The number of esters is 1. The van der Waals surface area contributed by atoms with E-state index in [0.717, 1.165) is 12.0 Å². The van der Waals surface area contributed by atoms with E-state index in [1.807, 2.05) is 26.8 Å². The van der Waals surface area contributed by atoms with Gasteiger partial charge in [0.05, 0.1) is 6.04 Å². The number of ether oxygens (including phenoxy) is 1. The van der Waals surface area contributed by atoms with Gasteiger partial charge in [0.15, 0.2) is 5.78 Å². The van der Waals surface area contributed by atoms with Crippen molar-refractivity contribution in [1.29, 1.82) is 0 Å². The fourth-order valence-corrected chi connectivity index (χ4v) is 2.75. The summed E-state index contributed by atoms with van der Waals surface area (Å²) in [5, 5.41) is 10.7. The molecule has 0 aromatic heterocycles. The minimum atomic E-state index is -2.14. The first-order valence-electron chi connectivity index (χ1n) is 9.67. The molecule has 2 atom stereocenters. The molecule has 7 nitrogen and oxygen atoms in total. The number of rotatable bonds is 11. The first kappa shape index (κ1) is 23.8. The maximum Gasteiger partial charge on any atom is 0.342 e. The predicted molar refractivity (Wildman–Crippen MR) is 105 cm³/mol. The third-order valence-electron chi connectivity index (χ3n) is 4.59. The third kappa shape index (κ3) is 6.14. The number of carbonyl (C=O) groups is 3. The van der Waals surface area contributed by atoms with Gasteiger partial charge in [-0.25, -0.2) is 4.79 Å². The molecule has 0 aliphatic carbocycles. The highest BCUT2D eigenvalue weighted by Crippen LogP contribution is 2.23. The second-order valence-corrected chi connectivity index (χ2v) is 7.55. The summed E-state index contributed by atoms with van der Waals surface area (Å²) in [5.74, 6) is -2.33. The maximum absolute atomic E-state index is 12.8. The number of nitrogens with two attached hydrogens (primary N) is 1. The van der Waals surface area contributed by atoms with Crippen LogP contribution in [0.15, 0.2) is 30.3 Å². The summed E-state index contributed by atoms with van der Waals surface area (Å²) in [7, 11) is 0. The molecular weight excluding hydrogens is 360 g/mol. The number of hydroxylamine groups is 2. The van der Waals surface area contributed by atoms with Gasteiger partial charge in [-0.2, -0.15) is 5.06 Å². The number of carbonyl (C=O) groups excluding carboxylic acids is 3. The summed E-state index contributed by atoms with van der Waals surface area (Å²) in [6, 6.07) is 7.93. The van der Waals surface area contributed by atoms with Crippen LogP contribution < -0.4 is 5.73 Å². The Bertz CT molecular complexity index is 662. The average molecular weight is 392 g/mol. The Hall–Kier alpha value is -2.25. The molecule has 156 valence electrons. The molecular formula is C21H32N2O5. The Kier molecular flexibility index (Phi) is 9.28. The number of amides is 1. The molecule has 7 heteroatoms. The summed E-state index contributed by atoms with van der Waals surface area (Å²) < 4.78 is 5.27. The molecule has 0 fully saturated rings. The highest BCUT2D eigenvalue weighted by molar-refractivity contribution is 6.10. The van der Waals surface area contributed by atoms with Gasteiger partial charge in [-0.3, -0.25) is 14.8 Å². The number of nitrogens with zero attached hydrogens (tertiary/aromatic N) is 1. The van der Waals surface area contributed by atoms with Crippen molar-refractivity contribution in [3.05, 3.63) is 35.9 Å². The van der Waals surface area contributed by atoms with Crippen LogP contribution in [0.4, 0.5) is 0 Å². The van der Waals surface area contributed by atoms with Crippen molar-refractivity contribution in [1.82, 2.24) is 5.06 Å². The van der Waals surface area contributed by atoms with Gasteiger partial charge in [0.2, 0.25) is 5.54 Å². The monoisotopic (exact) mass is 392 g/mol. The lowest BCUT2D eigenvalue weighted by atomic mass is 9.91. The molecule has 0 saturated carbocycles. The van der Waals surface area contributed by atoms with Crippen LogP contribution in [0.5, 0.6) is 0 Å². The number of ketones is 1. The summed E-state index contributed by atoms with van der Waals surface area (Å²) in [6.45, 7) is 6.80. The summed E-state index contributed by atoms with van der Waals surface area (Å²) in [5.41, 5.74) is 4.45. The molecule has 0 bridgehead atoms. The highest BCUT2D eigenvalue weighted by atomic mass is 16.6. The molecule has 0 heterocycles. The van der Waals surface area contributed by atoms with Crippen molar-refractivity contribution in [2.75, 3.05) is 0 Å². The van der Waals surface area contributed by atoms with E-state index in [9.17, 15) is 19.6 Å². The van der Waals surface area contributed by atoms with E-state index in [2.05, 4.69) is 0 Å². The largest absolute Gasteiger partial charge is 0.459 e. The van der Waals surface area contributed by atoms with E-state index < -0.39 is 29.2 Å². The van der Waals surface area contributed by atoms with Gasteiger partial charge >= 0.3 is 5.97 Å². The topological polar surface area (TPSA) is 110 Å². The first-order chi connectivity index (χ1) is 13.1. The van der Waals surface area contributed by atoms with E-state index in [0.29, 0.717) is 12.8 Å². The van der Waals surface area contributed by atoms with Crippen LogP contribution in [-0.2, 0) is 25.7 Å². The van der Waals surface area contributed by atoms with E-state index in [4.69, 9.17) is 10.5 Å². The van der Waals surface area contributed by atoms with Crippen LogP contribution in [0.3, 0.4) is 0 Å². The standard InChI is InChI=1S/C21H32N2O5/c1-5-6-12-18(24)21(4,23(27)19(25)17(22)13-15(2)3)20(26)28-14-16-10-8-7-9-11-16/h7-11,15,17,27H,5-6,12-14,22H2,1-4H3. The Morgan fingerprint density at radius 1 is 1.21 bits per heavy atom. The van der Waals surface area contributed by atoms with E-state index in [1.165, 1.54) is 6.92 Å². The molecule has 1 aromatic rings. The Morgan fingerprint density at radius 3 is 2.36 bits per heavy atom. The number of Topliss-reactive ketones (excluding diaryl/α,β-unsaturated/α-hetero) is 1. The van der Waals surface area contributed by atoms with Crippen molar-refractivity contribution in [2.24, 2.45) is 11.7 Å². The van der Waals surface area contributed by atoms with Gasteiger partial charge in [-0.15, -0.1) is 0 Å². The minimum Gasteiger partial charge on any atom is -0.459 e. The fraction of sp³-hybridized carbons (Fsp3) is 0.571. The van der Waals surface area contributed by atoms with Gasteiger partial charge in [-0.05, 0) is 31.2 Å². The lowest BCUT2D eigenvalue weighted by Gasteiger charge is -2.34. The molecule has 28 heavy (non-hydrogen) atoms. The Labute approximate surface area is 166 Å². The van der Waals surface area contributed by atoms with Gasteiger partial charge in [0.1, 0.15) is 6.61 Å². The second-order valence-electron chi connectivity index (χ2n) is 7.55. The van der Waals surface area contributed by atoms with Crippen LogP contribution in [0.2, 0.25) is 0 Å². The number of hydrogen-bond acceptors (Lipinski definition) is 6. The molecule has 2 unspecified atom stereocenters. The minimum absolute atomic E-state index is 0.0389. The van der Waals surface area contributed by atoms with Crippen molar-refractivity contribution in [3.8, 4) is 0 Å². The molecule has 1 aromatic carbocycles. The zero-order valence-electron chi connectivity index (χ0n) is 17.2. The van der Waals surface area contributed by atoms with E-state index in [-0.39, 0.29) is 24.0 Å².